The van der Waals surface area contributed by atoms with Gasteiger partial charge in [0.15, 0.2) is 5.65 Å². The number of phenols is 1. The zero-order chi connectivity index (χ0) is 12.7. The number of fused-ring (bicyclic) bond motifs is 1. The summed E-state index contributed by atoms with van der Waals surface area (Å²) < 4.78 is 13.2. The molecule has 4 nitrogen and oxygen atoms in total. The standard InChI is InChI=1S/C13H10FN3O/c1-7-4-5-15-13-11(7)16-12(17-13)9-6-8(14)2-3-10(9)18/h2-6,18H,1H3,(H,15,16,17). The Bertz CT molecular complexity index is 736. The average Bonchev–Trinajstić information content (AvgIpc) is 2.77. The van der Waals surface area contributed by atoms with Gasteiger partial charge in [0.25, 0.3) is 0 Å². The molecule has 0 amide bonds. The summed E-state index contributed by atoms with van der Waals surface area (Å²) in [7, 11) is 0. The summed E-state index contributed by atoms with van der Waals surface area (Å²) in [5.74, 6) is -0.0372. The molecule has 0 atom stereocenters. The minimum absolute atomic E-state index is 0.0203. The number of benzene rings is 1. The fourth-order valence-electron chi connectivity index (χ4n) is 1.86. The van der Waals surface area contributed by atoms with E-state index >= 15 is 0 Å². The number of rotatable bonds is 1. The van der Waals surface area contributed by atoms with E-state index in [0.29, 0.717) is 17.0 Å². The SMILES string of the molecule is Cc1ccnc2nc(-c3cc(F)ccc3O)[nH]c12. The maximum absolute atomic E-state index is 13.2. The van der Waals surface area contributed by atoms with E-state index in [-0.39, 0.29) is 5.75 Å². The summed E-state index contributed by atoms with van der Waals surface area (Å²) in [4.78, 5) is 11.4. The maximum atomic E-state index is 13.2. The first-order chi connectivity index (χ1) is 8.65. The highest BCUT2D eigenvalue weighted by molar-refractivity contribution is 5.79. The Labute approximate surface area is 102 Å². The molecule has 0 aliphatic rings. The van der Waals surface area contributed by atoms with Gasteiger partial charge >= 0.3 is 0 Å². The lowest BCUT2D eigenvalue weighted by Gasteiger charge is -2.00. The van der Waals surface area contributed by atoms with Crippen LogP contribution in [-0.2, 0) is 0 Å². The van der Waals surface area contributed by atoms with Crippen LogP contribution in [0.25, 0.3) is 22.6 Å². The quantitative estimate of drug-likeness (QED) is 0.690. The van der Waals surface area contributed by atoms with Crippen LogP contribution in [0.5, 0.6) is 5.75 Å². The average molecular weight is 243 g/mol. The molecule has 2 N–H and O–H groups in total. The smallest absolute Gasteiger partial charge is 0.178 e. The lowest BCUT2D eigenvalue weighted by Crippen LogP contribution is -1.83. The summed E-state index contributed by atoms with van der Waals surface area (Å²) in [6.07, 6.45) is 1.66. The summed E-state index contributed by atoms with van der Waals surface area (Å²) in [6, 6.07) is 5.60. The number of nitrogens with one attached hydrogen (secondary N) is 1. The topological polar surface area (TPSA) is 61.8 Å². The van der Waals surface area contributed by atoms with Crippen molar-refractivity contribution in [2.45, 2.75) is 6.92 Å². The molecule has 0 unspecified atom stereocenters. The number of phenolic OH excluding ortho intramolecular Hbond substituents is 1. The number of hydrogen-bond acceptors (Lipinski definition) is 3. The van der Waals surface area contributed by atoms with E-state index in [1.54, 1.807) is 6.20 Å². The molecule has 1 aromatic carbocycles. The molecule has 0 bridgehead atoms. The van der Waals surface area contributed by atoms with Crippen LogP contribution >= 0.6 is 0 Å². The number of aromatic amines is 1. The number of pyridine rings is 1. The zero-order valence-corrected chi connectivity index (χ0v) is 9.61. The Morgan fingerprint density at radius 2 is 2.11 bits per heavy atom. The first-order valence-electron chi connectivity index (χ1n) is 5.45. The van der Waals surface area contributed by atoms with Crippen molar-refractivity contribution in [3.63, 3.8) is 0 Å². The third-order valence-corrected chi connectivity index (χ3v) is 2.81. The number of aromatic hydroxyl groups is 1. The van der Waals surface area contributed by atoms with Crippen LogP contribution in [0.2, 0.25) is 0 Å². The zero-order valence-electron chi connectivity index (χ0n) is 9.61. The molecule has 2 aromatic heterocycles. The maximum Gasteiger partial charge on any atom is 0.178 e. The molecule has 0 aliphatic heterocycles. The molecular formula is C13H10FN3O. The molecule has 2 heterocycles. The fraction of sp³-hybridized carbons (Fsp3) is 0.0769. The molecule has 0 saturated carbocycles. The van der Waals surface area contributed by atoms with Gasteiger partial charge in [0.2, 0.25) is 0 Å². The molecule has 5 heteroatoms. The Morgan fingerprint density at radius 1 is 1.28 bits per heavy atom. The fourth-order valence-corrected chi connectivity index (χ4v) is 1.86. The lowest BCUT2D eigenvalue weighted by molar-refractivity contribution is 0.475. The summed E-state index contributed by atoms with van der Waals surface area (Å²) in [5.41, 5.74) is 2.66. The Balaban J connectivity index is 2.26. The Hall–Kier alpha value is -2.43. The van der Waals surface area contributed by atoms with E-state index < -0.39 is 5.82 Å². The van der Waals surface area contributed by atoms with E-state index in [1.165, 1.54) is 18.2 Å². The van der Waals surface area contributed by atoms with Crippen LogP contribution in [0.3, 0.4) is 0 Å². The normalized spacial score (nSPS) is 11.0. The second-order valence-corrected chi connectivity index (χ2v) is 4.07. The molecule has 90 valence electrons. The van der Waals surface area contributed by atoms with Gasteiger partial charge in [-0.15, -0.1) is 0 Å². The van der Waals surface area contributed by atoms with E-state index in [4.69, 9.17) is 0 Å². The van der Waals surface area contributed by atoms with E-state index in [0.717, 1.165) is 11.1 Å². The van der Waals surface area contributed by atoms with Crippen LogP contribution in [0.15, 0.2) is 30.5 Å². The molecule has 0 saturated heterocycles. The first kappa shape index (κ1) is 10.7. The molecule has 3 rings (SSSR count). The van der Waals surface area contributed by atoms with Crippen LogP contribution in [0.4, 0.5) is 4.39 Å². The lowest BCUT2D eigenvalue weighted by atomic mass is 10.2. The van der Waals surface area contributed by atoms with Gasteiger partial charge in [-0.1, -0.05) is 0 Å². The highest BCUT2D eigenvalue weighted by atomic mass is 19.1. The van der Waals surface area contributed by atoms with Crippen molar-refractivity contribution < 1.29 is 9.50 Å². The van der Waals surface area contributed by atoms with Gasteiger partial charge in [0, 0.05) is 6.20 Å². The van der Waals surface area contributed by atoms with Gasteiger partial charge in [-0.2, -0.15) is 0 Å². The molecule has 18 heavy (non-hydrogen) atoms. The van der Waals surface area contributed by atoms with Crippen LogP contribution in [0.1, 0.15) is 5.56 Å². The van der Waals surface area contributed by atoms with Gasteiger partial charge < -0.3 is 10.1 Å². The van der Waals surface area contributed by atoms with Crippen molar-refractivity contribution >= 4 is 11.2 Å². The molecular weight excluding hydrogens is 233 g/mol. The van der Waals surface area contributed by atoms with E-state index in [1.807, 2.05) is 13.0 Å². The van der Waals surface area contributed by atoms with Crippen molar-refractivity contribution in [3.05, 3.63) is 41.8 Å². The Morgan fingerprint density at radius 3 is 2.89 bits per heavy atom. The highest BCUT2D eigenvalue weighted by Gasteiger charge is 2.12. The summed E-state index contributed by atoms with van der Waals surface area (Å²) in [6.45, 7) is 1.93. The van der Waals surface area contributed by atoms with Crippen LogP contribution in [0, 0.1) is 12.7 Å². The minimum Gasteiger partial charge on any atom is -0.507 e. The summed E-state index contributed by atoms with van der Waals surface area (Å²) in [5, 5.41) is 9.74. The number of nitrogens with zero attached hydrogens (tertiary/aromatic N) is 2. The molecule has 0 spiro atoms. The third-order valence-electron chi connectivity index (χ3n) is 2.81. The van der Waals surface area contributed by atoms with Crippen molar-refractivity contribution in [2.75, 3.05) is 0 Å². The van der Waals surface area contributed by atoms with Crippen molar-refractivity contribution in [3.8, 4) is 17.1 Å². The highest BCUT2D eigenvalue weighted by Crippen LogP contribution is 2.29. The Kier molecular flexibility index (Phi) is 2.26. The predicted octanol–water partition coefficient (Wildman–Crippen LogP) is 2.78. The van der Waals surface area contributed by atoms with Crippen LogP contribution < -0.4 is 0 Å². The van der Waals surface area contributed by atoms with Crippen LogP contribution in [-0.4, -0.2) is 20.1 Å². The molecule has 0 aliphatic carbocycles. The first-order valence-corrected chi connectivity index (χ1v) is 5.45. The summed E-state index contributed by atoms with van der Waals surface area (Å²) >= 11 is 0. The van der Waals surface area contributed by atoms with E-state index in [9.17, 15) is 9.50 Å². The largest absolute Gasteiger partial charge is 0.507 e. The van der Waals surface area contributed by atoms with Gasteiger partial charge in [-0.25, -0.2) is 14.4 Å². The van der Waals surface area contributed by atoms with E-state index in [2.05, 4.69) is 15.0 Å². The number of aromatic nitrogens is 3. The number of hydrogen-bond donors (Lipinski definition) is 2. The van der Waals surface area contributed by atoms with Gasteiger partial charge in [0.05, 0.1) is 11.1 Å². The second-order valence-electron chi connectivity index (χ2n) is 4.07. The number of halogens is 1. The monoisotopic (exact) mass is 243 g/mol. The molecule has 0 radical (unpaired) electrons. The van der Waals surface area contributed by atoms with Crippen molar-refractivity contribution in [1.82, 2.24) is 15.0 Å². The predicted molar refractivity (Wildman–Crippen MR) is 65.7 cm³/mol. The number of H-pyrrole nitrogens is 1. The number of aryl methyl sites for hydroxylation is 1. The number of imidazole rings is 1. The van der Waals surface area contributed by atoms with Gasteiger partial charge in [-0.3, -0.25) is 0 Å². The second kappa shape index (κ2) is 3.80. The van der Waals surface area contributed by atoms with Crippen molar-refractivity contribution in [1.29, 1.82) is 0 Å². The molecule has 3 aromatic rings. The third kappa shape index (κ3) is 1.60. The minimum atomic E-state index is -0.423. The van der Waals surface area contributed by atoms with Crippen molar-refractivity contribution in [2.24, 2.45) is 0 Å². The van der Waals surface area contributed by atoms with Gasteiger partial charge in [0.1, 0.15) is 17.4 Å². The molecule has 0 fully saturated rings. The van der Waals surface area contributed by atoms with Gasteiger partial charge in [-0.05, 0) is 36.8 Å².